The first-order valence-electron chi connectivity index (χ1n) is 11.7. The first-order valence-corrected chi connectivity index (χ1v) is 13.2. The van der Waals surface area contributed by atoms with Gasteiger partial charge in [-0.25, -0.2) is 13.2 Å². The van der Waals surface area contributed by atoms with Crippen LogP contribution in [0.4, 0.5) is 10.5 Å². The molecule has 11 heteroatoms. The summed E-state index contributed by atoms with van der Waals surface area (Å²) in [5.41, 5.74) is 1.86. The summed E-state index contributed by atoms with van der Waals surface area (Å²) in [6, 6.07) is 13.4. The van der Waals surface area contributed by atoms with Crippen molar-refractivity contribution in [2.75, 3.05) is 44.0 Å². The molecule has 10 nitrogen and oxygen atoms in total. The van der Waals surface area contributed by atoms with Gasteiger partial charge in [0, 0.05) is 56.4 Å². The standard InChI is InChI=1S/C25H27N5O5S/c1-17-14-19(24(31)29-10-12-30(13-11-29)25(32)35-20-15-26-16-20)7-8-21(17)28-36(33,34)22-6-2-4-18-5-3-9-27-23(18)22/h2-9,14,20,26,28H,10-13,15-16H2,1H3. The molecule has 0 aliphatic carbocycles. The fourth-order valence-electron chi connectivity index (χ4n) is 4.24. The Bertz CT molecular complexity index is 1410. The van der Waals surface area contributed by atoms with Crippen molar-refractivity contribution >= 4 is 38.6 Å². The maximum absolute atomic E-state index is 13.1. The second-order valence-corrected chi connectivity index (χ2v) is 10.6. The van der Waals surface area contributed by atoms with E-state index in [1.165, 1.54) is 6.07 Å². The van der Waals surface area contributed by atoms with Gasteiger partial charge < -0.3 is 19.9 Å². The predicted octanol–water partition coefficient (Wildman–Crippen LogP) is 2.21. The number of benzene rings is 2. The van der Waals surface area contributed by atoms with Gasteiger partial charge in [-0.15, -0.1) is 0 Å². The molecule has 3 heterocycles. The summed E-state index contributed by atoms with van der Waals surface area (Å²) in [7, 11) is -3.90. The molecule has 0 radical (unpaired) electrons. The maximum Gasteiger partial charge on any atom is 0.410 e. The van der Waals surface area contributed by atoms with Crippen LogP contribution in [0.25, 0.3) is 10.9 Å². The van der Waals surface area contributed by atoms with Crippen LogP contribution in [0.2, 0.25) is 0 Å². The van der Waals surface area contributed by atoms with E-state index in [0.717, 1.165) is 5.39 Å². The third kappa shape index (κ3) is 4.84. The highest BCUT2D eigenvalue weighted by Crippen LogP contribution is 2.25. The minimum Gasteiger partial charge on any atom is -0.443 e. The number of pyridine rings is 1. The third-order valence-electron chi connectivity index (χ3n) is 6.44. The van der Waals surface area contributed by atoms with Crippen LogP contribution < -0.4 is 10.0 Å². The lowest BCUT2D eigenvalue weighted by Gasteiger charge is -2.36. The monoisotopic (exact) mass is 509 g/mol. The number of rotatable bonds is 5. The Hall–Kier alpha value is -3.70. The van der Waals surface area contributed by atoms with Gasteiger partial charge in [-0.1, -0.05) is 18.2 Å². The number of anilines is 1. The Morgan fingerprint density at radius 1 is 1.03 bits per heavy atom. The molecule has 2 aromatic carbocycles. The molecule has 5 rings (SSSR count). The summed E-state index contributed by atoms with van der Waals surface area (Å²) in [6.45, 7) is 4.71. The van der Waals surface area contributed by atoms with Crippen LogP contribution in [-0.4, -0.2) is 80.6 Å². The van der Waals surface area contributed by atoms with Gasteiger partial charge in [0.15, 0.2) is 0 Å². The minimum atomic E-state index is -3.90. The van der Waals surface area contributed by atoms with E-state index in [2.05, 4.69) is 15.0 Å². The highest BCUT2D eigenvalue weighted by atomic mass is 32.2. The van der Waals surface area contributed by atoms with Crippen LogP contribution in [0.15, 0.2) is 59.6 Å². The Morgan fingerprint density at radius 3 is 2.44 bits per heavy atom. The quantitative estimate of drug-likeness (QED) is 0.541. The summed E-state index contributed by atoms with van der Waals surface area (Å²) in [5, 5.41) is 3.78. The molecule has 0 bridgehead atoms. The van der Waals surface area contributed by atoms with E-state index < -0.39 is 10.0 Å². The molecule has 3 aromatic rings. The summed E-state index contributed by atoms with van der Waals surface area (Å²) < 4.78 is 34.3. The van der Waals surface area contributed by atoms with Crippen LogP contribution in [-0.2, 0) is 14.8 Å². The third-order valence-corrected chi connectivity index (χ3v) is 7.84. The van der Waals surface area contributed by atoms with Gasteiger partial charge in [0.25, 0.3) is 15.9 Å². The lowest BCUT2D eigenvalue weighted by Crippen LogP contribution is -2.54. The first kappa shape index (κ1) is 24.0. The number of nitrogens with zero attached hydrogens (tertiary/aromatic N) is 3. The zero-order valence-corrected chi connectivity index (χ0v) is 20.6. The van der Waals surface area contributed by atoms with Gasteiger partial charge >= 0.3 is 6.09 Å². The van der Waals surface area contributed by atoms with Gasteiger partial charge in [0.2, 0.25) is 0 Å². The van der Waals surface area contributed by atoms with E-state index in [1.54, 1.807) is 53.3 Å². The molecule has 0 unspecified atom stereocenters. The number of hydrogen-bond donors (Lipinski definition) is 2. The van der Waals surface area contributed by atoms with E-state index >= 15 is 0 Å². The van der Waals surface area contributed by atoms with Gasteiger partial charge in [-0.2, -0.15) is 0 Å². The first-order chi connectivity index (χ1) is 17.3. The molecule has 1 aromatic heterocycles. The minimum absolute atomic E-state index is 0.0760. The van der Waals surface area contributed by atoms with Gasteiger partial charge in [0.05, 0.1) is 11.2 Å². The number of sulfonamides is 1. The predicted molar refractivity (Wildman–Crippen MR) is 134 cm³/mol. The molecule has 36 heavy (non-hydrogen) atoms. The number of hydrogen-bond acceptors (Lipinski definition) is 7. The number of nitrogens with one attached hydrogen (secondary N) is 2. The van der Waals surface area contributed by atoms with Crippen LogP contribution in [0.1, 0.15) is 15.9 Å². The maximum atomic E-state index is 13.1. The molecular weight excluding hydrogens is 482 g/mol. The Labute approximate surface area is 209 Å². The molecule has 2 aliphatic rings. The summed E-state index contributed by atoms with van der Waals surface area (Å²) in [6.07, 6.45) is 1.14. The number of piperazine rings is 1. The lowest BCUT2D eigenvalue weighted by atomic mass is 10.1. The average molecular weight is 510 g/mol. The van der Waals surface area contributed by atoms with Crippen LogP contribution in [0.3, 0.4) is 0 Å². The fraction of sp³-hybridized carbons (Fsp3) is 0.320. The smallest absolute Gasteiger partial charge is 0.410 e. The lowest BCUT2D eigenvalue weighted by molar-refractivity contribution is 0.0258. The number of fused-ring (bicyclic) bond motifs is 1. The number of carbonyl (C=O) groups is 2. The molecular formula is C25H27N5O5S. The molecule has 2 amide bonds. The second kappa shape index (κ2) is 9.75. The van der Waals surface area contributed by atoms with Gasteiger partial charge in [0.1, 0.15) is 11.0 Å². The van der Waals surface area contributed by atoms with E-state index in [4.69, 9.17) is 4.74 Å². The SMILES string of the molecule is Cc1cc(C(=O)N2CCN(C(=O)OC3CNC3)CC2)ccc1NS(=O)(=O)c1cccc2cccnc12. The number of carbonyl (C=O) groups excluding carboxylic acids is 2. The molecule has 2 saturated heterocycles. The number of ether oxygens (including phenoxy) is 1. The van der Waals surface area contributed by atoms with Crippen LogP contribution in [0, 0.1) is 6.92 Å². The van der Waals surface area contributed by atoms with Crippen molar-refractivity contribution in [1.82, 2.24) is 20.1 Å². The highest BCUT2D eigenvalue weighted by Gasteiger charge is 2.29. The normalized spacial score (nSPS) is 16.5. The largest absolute Gasteiger partial charge is 0.443 e. The number of amides is 2. The molecule has 0 saturated carbocycles. The molecule has 2 N–H and O–H groups in total. The number of aromatic nitrogens is 1. The highest BCUT2D eigenvalue weighted by molar-refractivity contribution is 7.93. The van der Waals surface area contributed by atoms with E-state index in [9.17, 15) is 18.0 Å². The number of para-hydroxylation sites is 1. The Balaban J connectivity index is 1.25. The van der Waals surface area contributed by atoms with Gasteiger partial charge in [-0.3, -0.25) is 14.5 Å². The molecule has 0 atom stereocenters. The van der Waals surface area contributed by atoms with Crippen molar-refractivity contribution in [3.05, 3.63) is 65.9 Å². The summed E-state index contributed by atoms with van der Waals surface area (Å²) in [4.78, 5) is 32.9. The number of aryl methyl sites for hydroxylation is 1. The average Bonchev–Trinajstić information content (AvgIpc) is 2.86. The molecule has 2 fully saturated rings. The topological polar surface area (TPSA) is 121 Å². The summed E-state index contributed by atoms with van der Waals surface area (Å²) in [5.74, 6) is -0.165. The zero-order valence-electron chi connectivity index (χ0n) is 19.8. The van der Waals surface area contributed by atoms with Crippen molar-refractivity contribution in [2.24, 2.45) is 0 Å². The van der Waals surface area contributed by atoms with Gasteiger partial charge in [-0.05, 0) is 42.8 Å². The second-order valence-electron chi connectivity index (χ2n) is 8.91. The fourth-order valence-corrected chi connectivity index (χ4v) is 5.55. The van der Waals surface area contributed by atoms with E-state index in [1.807, 2.05) is 12.1 Å². The molecule has 0 spiro atoms. The van der Waals surface area contributed by atoms with E-state index in [0.29, 0.717) is 61.6 Å². The van der Waals surface area contributed by atoms with E-state index in [-0.39, 0.29) is 23.0 Å². The van der Waals surface area contributed by atoms with Crippen LogP contribution in [0.5, 0.6) is 0 Å². The molecule has 2 aliphatic heterocycles. The van der Waals surface area contributed by atoms with Crippen molar-refractivity contribution in [2.45, 2.75) is 17.9 Å². The van der Waals surface area contributed by atoms with Crippen molar-refractivity contribution in [3.8, 4) is 0 Å². The van der Waals surface area contributed by atoms with Crippen molar-refractivity contribution < 1.29 is 22.7 Å². The summed E-state index contributed by atoms with van der Waals surface area (Å²) >= 11 is 0. The Kier molecular flexibility index (Phi) is 6.50. The zero-order chi connectivity index (χ0) is 25.3. The van der Waals surface area contributed by atoms with Crippen molar-refractivity contribution in [3.63, 3.8) is 0 Å². The Morgan fingerprint density at radius 2 is 1.75 bits per heavy atom. The molecule has 188 valence electrons. The van der Waals surface area contributed by atoms with Crippen molar-refractivity contribution in [1.29, 1.82) is 0 Å². The van der Waals surface area contributed by atoms with Crippen LogP contribution >= 0.6 is 0 Å².